The Morgan fingerprint density at radius 1 is 1.10 bits per heavy atom. The molecule has 0 amide bonds. The Morgan fingerprint density at radius 3 is 2.65 bits per heavy atom. The van der Waals surface area contributed by atoms with Crippen LogP contribution in [-0.4, -0.2) is 40.1 Å². The van der Waals surface area contributed by atoms with E-state index in [1.165, 1.54) is 25.7 Å². The zero-order chi connectivity index (χ0) is 13.5. The third kappa shape index (κ3) is 2.02. The summed E-state index contributed by atoms with van der Waals surface area (Å²) in [6.45, 7) is 0. The standard InChI is InChI=1S/C15H19N5/c1-20(12-8-10-2-3-11(9-12)18-10)14-5-4-13-15(19-14)17-7-6-16-13/h4-7,10-12,18H,2-3,8-9H2,1H3. The molecule has 2 aliphatic rings. The molecule has 4 rings (SSSR count). The number of piperidine rings is 1. The zero-order valence-electron chi connectivity index (χ0n) is 11.7. The van der Waals surface area contributed by atoms with Gasteiger partial charge in [-0.2, -0.15) is 0 Å². The monoisotopic (exact) mass is 269 g/mol. The number of aromatic nitrogens is 3. The van der Waals surface area contributed by atoms with Crippen molar-refractivity contribution < 1.29 is 0 Å². The molecule has 5 nitrogen and oxygen atoms in total. The largest absolute Gasteiger partial charge is 0.357 e. The van der Waals surface area contributed by atoms with E-state index in [0.29, 0.717) is 18.1 Å². The van der Waals surface area contributed by atoms with Gasteiger partial charge in [-0.05, 0) is 37.8 Å². The molecule has 0 spiro atoms. The first-order valence-corrected chi connectivity index (χ1v) is 7.36. The summed E-state index contributed by atoms with van der Waals surface area (Å²) in [7, 11) is 2.15. The molecule has 20 heavy (non-hydrogen) atoms. The van der Waals surface area contributed by atoms with Gasteiger partial charge in [0.15, 0.2) is 5.65 Å². The lowest BCUT2D eigenvalue weighted by Gasteiger charge is -2.36. The second-order valence-corrected chi connectivity index (χ2v) is 5.94. The van der Waals surface area contributed by atoms with Crippen LogP contribution in [0.4, 0.5) is 5.82 Å². The highest BCUT2D eigenvalue weighted by Gasteiger charge is 2.35. The Morgan fingerprint density at radius 2 is 1.85 bits per heavy atom. The fourth-order valence-electron chi connectivity index (χ4n) is 3.57. The van der Waals surface area contributed by atoms with Crippen LogP contribution >= 0.6 is 0 Å². The molecule has 2 fully saturated rings. The number of pyridine rings is 1. The van der Waals surface area contributed by atoms with Gasteiger partial charge in [0.1, 0.15) is 11.3 Å². The molecule has 5 heteroatoms. The van der Waals surface area contributed by atoms with Gasteiger partial charge >= 0.3 is 0 Å². The minimum atomic E-state index is 0.579. The van der Waals surface area contributed by atoms with E-state index in [0.717, 1.165) is 17.0 Å². The maximum Gasteiger partial charge on any atom is 0.180 e. The van der Waals surface area contributed by atoms with E-state index in [1.807, 2.05) is 6.07 Å². The predicted molar refractivity (Wildman–Crippen MR) is 78.7 cm³/mol. The van der Waals surface area contributed by atoms with Crippen LogP contribution in [0.5, 0.6) is 0 Å². The maximum atomic E-state index is 4.65. The van der Waals surface area contributed by atoms with E-state index >= 15 is 0 Å². The zero-order valence-corrected chi connectivity index (χ0v) is 11.7. The minimum Gasteiger partial charge on any atom is -0.357 e. The summed E-state index contributed by atoms with van der Waals surface area (Å²) in [6, 6.07) is 6.04. The maximum absolute atomic E-state index is 4.65. The van der Waals surface area contributed by atoms with E-state index in [4.69, 9.17) is 0 Å². The van der Waals surface area contributed by atoms with Gasteiger partial charge < -0.3 is 10.2 Å². The van der Waals surface area contributed by atoms with Crippen molar-refractivity contribution in [1.82, 2.24) is 20.3 Å². The smallest absolute Gasteiger partial charge is 0.180 e. The van der Waals surface area contributed by atoms with Crippen molar-refractivity contribution in [2.75, 3.05) is 11.9 Å². The molecular formula is C15H19N5. The van der Waals surface area contributed by atoms with Gasteiger partial charge in [0, 0.05) is 37.6 Å². The van der Waals surface area contributed by atoms with Gasteiger partial charge in [-0.25, -0.2) is 9.97 Å². The van der Waals surface area contributed by atoms with Crippen LogP contribution in [0.25, 0.3) is 11.2 Å². The van der Waals surface area contributed by atoms with Gasteiger partial charge in [-0.1, -0.05) is 0 Å². The first-order chi connectivity index (χ1) is 9.79. The van der Waals surface area contributed by atoms with Gasteiger partial charge in [0.2, 0.25) is 0 Å². The van der Waals surface area contributed by atoms with Crippen molar-refractivity contribution in [2.45, 2.75) is 43.8 Å². The summed E-state index contributed by atoms with van der Waals surface area (Å²) in [5.41, 5.74) is 1.59. The molecule has 0 radical (unpaired) electrons. The van der Waals surface area contributed by atoms with Gasteiger partial charge in [0.05, 0.1) is 0 Å². The highest BCUT2D eigenvalue weighted by molar-refractivity contribution is 5.71. The number of nitrogens with one attached hydrogen (secondary N) is 1. The lowest BCUT2D eigenvalue weighted by Crippen LogP contribution is -2.47. The van der Waals surface area contributed by atoms with E-state index in [-0.39, 0.29) is 0 Å². The molecule has 0 aromatic carbocycles. The number of fused-ring (bicyclic) bond motifs is 3. The lowest BCUT2D eigenvalue weighted by atomic mass is 9.98. The Kier molecular flexibility index (Phi) is 2.80. The van der Waals surface area contributed by atoms with Crippen molar-refractivity contribution in [1.29, 1.82) is 0 Å². The summed E-state index contributed by atoms with van der Waals surface area (Å²) in [5, 5.41) is 3.69. The number of rotatable bonds is 2. The summed E-state index contributed by atoms with van der Waals surface area (Å²) in [4.78, 5) is 15.5. The molecule has 2 bridgehead atoms. The van der Waals surface area contributed by atoms with Crippen LogP contribution in [0.15, 0.2) is 24.5 Å². The Hall–Kier alpha value is -1.75. The average molecular weight is 269 g/mol. The van der Waals surface area contributed by atoms with Crippen molar-refractivity contribution in [3.63, 3.8) is 0 Å². The van der Waals surface area contributed by atoms with Crippen molar-refractivity contribution >= 4 is 17.0 Å². The van der Waals surface area contributed by atoms with Crippen molar-refractivity contribution in [2.24, 2.45) is 0 Å². The van der Waals surface area contributed by atoms with Crippen LogP contribution < -0.4 is 10.2 Å². The number of hydrogen-bond donors (Lipinski definition) is 1. The van der Waals surface area contributed by atoms with Crippen molar-refractivity contribution in [3.05, 3.63) is 24.5 Å². The predicted octanol–water partition coefficient (Wildman–Crippen LogP) is 1.74. The summed E-state index contributed by atoms with van der Waals surface area (Å²) < 4.78 is 0. The molecular weight excluding hydrogens is 250 g/mol. The van der Waals surface area contributed by atoms with E-state index in [9.17, 15) is 0 Å². The average Bonchev–Trinajstić information content (AvgIpc) is 2.84. The molecule has 2 unspecified atom stereocenters. The molecule has 2 saturated heterocycles. The summed E-state index contributed by atoms with van der Waals surface area (Å²) in [6.07, 6.45) is 8.49. The van der Waals surface area contributed by atoms with Crippen LogP contribution in [0.3, 0.4) is 0 Å². The number of nitrogens with zero attached hydrogens (tertiary/aromatic N) is 4. The first-order valence-electron chi connectivity index (χ1n) is 7.36. The fraction of sp³-hybridized carbons (Fsp3) is 0.533. The Bertz CT molecular complexity index is 616. The summed E-state index contributed by atoms with van der Waals surface area (Å²) in [5.74, 6) is 1.00. The molecule has 2 aromatic heterocycles. The van der Waals surface area contributed by atoms with Crippen LogP contribution in [0.2, 0.25) is 0 Å². The third-order valence-electron chi connectivity index (χ3n) is 4.67. The molecule has 2 aromatic rings. The number of anilines is 1. The van der Waals surface area contributed by atoms with Gasteiger partial charge in [-0.3, -0.25) is 4.98 Å². The van der Waals surface area contributed by atoms with Crippen LogP contribution in [0, 0.1) is 0 Å². The molecule has 4 heterocycles. The third-order valence-corrected chi connectivity index (χ3v) is 4.67. The Labute approximate surface area is 118 Å². The highest BCUT2D eigenvalue weighted by atomic mass is 15.2. The lowest BCUT2D eigenvalue weighted by molar-refractivity contribution is 0.354. The molecule has 1 N–H and O–H groups in total. The highest BCUT2D eigenvalue weighted by Crippen LogP contribution is 2.31. The van der Waals surface area contributed by atoms with Crippen molar-refractivity contribution in [3.8, 4) is 0 Å². The topological polar surface area (TPSA) is 53.9 Å². The fourth-order valence-corrected chi connectivity index (χ4v) is 3.57. The second-order valence-electron chi connectivity index (χ2n) is 5.94. The van der Waals surface area contributed by atoms with E-state index in [2.05, 4.69) is 38.3 Å². The van der Waals surface area contributed by atoms with E-state index < -0.39 is 0 Å². The molecule has 0 aliphatic carbocycles. The SMILES string of the molecule is CN(c1ccc2nccnc2n1)C1CC2CCC(C1)N2. The first kappa shape index (κ1) is 12.0. The summed E-state index contributed by atoms with van der Waals surface area (Å²) >= 11 is 0. The molecule has 2 atom stereocenters. The quantitative estimate of drug-likeness (QED) is 0.900. The minimum absolute atomic E-state index is 0.579. The van der Waals surface area contributed by atoms with Crippen LogP contribution in [-0.2, 0) is 0 Å². The molecule has 0 saturated carbocycles. The van der Waals surface area contributed by atoms with Gasteiger partial charge in [0.25, 0.3) is 0 Å². The molecule has 104 valence electrons. The number of hydrogen-bond acceptors (Lipinski definition) is 5. The van der Waals surface area contributed by atoms with Crippen LogP contribution in [0.1, 0.15) is 25.7 Å². The Balaban J connectivity index is 1.61. The van der Waals surface area contributed by atoms with Gasteiger partial charge in [-0.15, -0.1) is 0 Å². The van der Waals surface area contributed by atoms with E-state index in [1.54, 1.807) is 12.4 Å². The normalized spacial score (nSPS) is 28.8. The molecule has 2 aliphatic heterocycles. The second kappa shape index (κ2) is 4.66.